The fraction of sp³-hybridized carbons (Fsp3) is 1.00. The van der Waals surface area contributed by atoms with E-state index in [1.807, 2.05) is 13.8 Å². The Labute approximate surface area is 93.7 Å². The molecule has 1 aliphatic rings. The van der Waals surface area contributed by atoms with Gasteiger partial charge in [-0.1, -0.05) is 34.1 Å². The van der Waals surface area contributed by atoms with E-state index < -0.39 is 12.2 Å². The van der Waals surface area contributed by atoms with Gasteiger partial charge in [0.15, 0.2) is 0 Å². The Bertz CT molecular complexity index is 191. The van der Waals surface area contributed by atoms with Crippen molar-refractivity contribution < 1.29 is 10.2 Å². The summed E-state index contributed by atoms with van der Waals surface area (Å²) >= 11 is 0. The molecule has 0 aliphatic heterocycles. The average molecular weight is 214 g/mol. The van der Waals surface area contributed by atoms with Gasteiger partial charge in [0.05, 0.1) is 12.2 Å². The molecule has 90 valence electrons. The molecule has 1 fully saturated rings. The summed E-state index contributed by atoms with van der Waals surface area (Å²) in [6.07, 6.45) is 2.23. The third-order valence-corrected chi connectivity index (χ3v) is 4.15. The van der Waals surface area contributed by atoms with Crippen molar-refractivity contribution in [3.8, 4) is 0 Å². The van der Waals surface area contributed by atoms with Crippen LogP contribution in [0.2, 0.25) is 0 Å². The van der Waals surface area contributed by atoms with Gasteiger partial charge in [0, 0.05) is 0 Å². The van der Waals surface area contributed by atoms with Gasteiger partial charge in [0.25, 0.3) is 0 Å². The van der Waals surface area contributed by atoms with Gasteiger partial charge in [-0.25, -0.2) is 0 Å². The highest BCUT2D eigenvalue weighted by Crippen LogP contribution is 2.36. The van der Waals surface area contributed by atoms with Crippen molar-refractivity contribution in [3.63, 3.8) is 0 Å². The molecule has 0 aromatic rings. The minimum absolute atomic E-state index is 0.148. The Morgan fingerprint density at radius 3 is 2.07 bits per heavy atom. The second-order valence-electron chi connectivity index (χ2n) is 5.75. The van der Waals surface area contributed by atoms with Crippen LogP contribution in [-0.4, -0.2) is 22.4 Å². The van der Waals surface area contributed by atoms with Crippen LogP contribution < -0.4 is 0 Å². The molecule has 1 aliphatic carbocycles. The second-order valence-corrected chi connectivity index (χ2v) is 5.75. The SMILES string of the molecule is CC(C)C(O)C(O)C1CCC(C)C(C)C1. The van der Waals surface area contributed by atoms with E-state index in [1.54, 1.807) is 0 Å². The lowest BCUT2D eigenvalue weighted by molar-refractivity contribution is -0.0566. The highest BCUT2D eigenvalue weighted by molar-refractivity contribution is 4.84. The van der Waals surface area contributed by atoms with Crippen LogP contribution in [0.3, 0.4) is 0 Å². The maximum Gasteiger partial charge on any atom is 0.0829 e. The second kappa shape index (κ2) is 5.31. The van der Waals surface area contributed by atoms with Crippen molar-refractivity contribution in [3.05, 3.63) is 0 Å². The number of aliphatic hydroxyl groups excluding tert-OH is 2. The molecule has 1 saturated carbocycles. The first-order chi connectivity index (χ1) is 6.93. The number of hydrogen-bond donors (Lipinski definition) is 2. The quantitative estimate of drug-likeness (QED) is 0.757. The summed E-state index contributed by atoms with van der Waals surface area (Å²) in [5, 5.41) is 19.9. The normalized spacial score (nSPS) is 36.6. The van der Waals surface area contributed by atoms with Crippen LogP contribution in [0.25, 0.3) is 0 Å². The standard InChI is InChI=1S/C13H26O2/c1-8(2)12(14)13(15)11-6-5-9(3)10(4)7-11/h8-15H,5-7H2,1-4H3. The first-order valence-corrected chi connectivity index (χ1v) is 6.29. The van der Waals surface area contributed by atoms with Crippen molar-refractivity contribution >= 4 is 0 Å². The molecular weight excluding hydrogens is 188 g/mol. The number of hydrogen-bond acceptors (Lipinski definition) is 2. The summed E-state index contributed by atoms with van der Waals surface area (Å²) in [6.45, 7) is 8.46. The molecule has 5 unspecified atom stereocenters. The Kier molecular flexibility index (Phi) is 4.60. The zero-order valence-electron chi connectivity index (χ0n) is 10.5. The monoisotopic (exact) mass is 214 g/mol. The molecular formula is C13H26O2. The van der Waals surface area contributed by atoms with Crippen LogP contribution in [0.15, 0.2) is 0 Å². The highest BCUT2D eigenvalue weighted by atomic mass is 16.3. The predicted molar refractivity (Wildman–Crippen MR) is 62.5 cm³/mol. The van der Waals surface area contributed by atoms with E-state index in [9.17, 15) is 10.2 Å². The zero-order valence-corrected chi connectivity index (χ0v) is 10.5. The average Bonchev–Trinajstić information content (AvgIpc) is 2.19. The van der Waals surface area contributed by atoms with Crippen LogP contribution in [-0.2, 0) is 0 Å². The first-order valence-electron chi connectivity index (χ1n) is 6.29. The lowest BCUT2D eigenvalue weighted by Crippen LogP contribution is -2.40. The van der Waals surface area contributed by atoms with E-state index in [4.69, 9.17) is 0 Å². The maximum atomic E-state index is 10.1. The highest BCUT2D eigenvalue weighted by Gasteiger charge is 2.33. The minimum atomic E-state index is -0.560. The van der Waals surface area contributed by atoms with E-state index in [0.29, 0.717) is 11.8 Å². The third-order valence-electron chi connectivity index (χ3n) is 4.15. The van der Waals surface area contributed by atoms with Crippen molar-refractivity contribution in [2.75, 3.05) is 0 Å². The lowest BCUT2D eigenvalue weighted by atomic mass is 9.72. The van der Waals surface area contributed by atoms with E-state index in [-0.39, 0.29) is 5.92 Å². The fourth-order valence-electron chi connectivity index (χ4n) is 2.57. The molecule has 0 spiro atoms. The molecule has 2 nitrogen and oxygen atoms in total. The minimum Gasteiger partial charge on any atom is -0.390 e. The molecule has 2 heteroatoms. The van der Waals surface area contributed by atoms with E-state index in [0.717, 1.165) is 18.8 Å². The predicted octanol–water partition coefficient (Wildman–Crippen LogP) is 2.44. The van der Waals surface area contributed by atoms with Crippen LogP contribution >= 0.6 is 0 Å². The Balaban J connectivity index is 2.50. The summed E-state index contributed by atoms with van der Waals surface area (Å²) in [6, 6.07) is 0. The van der Waals surface area contributed by atoms with Crippen LogP contribution in [0.1, 0.15) is 47.0 Å². The van der Waals surface area contributed by atoms with Gasteiger partial charge in [0.2, 0.25) is 0 Å². The van der Waals surface area contributed by atoms with Gasteiger partial charge in [-0.05, 0) is 36.5 Å². The largest absolute Gasteiger partial charge is 0.390 e. The van der Waals surface area contributed by atoms with Crippen LogP contribution in [0.4, 0.5) is 0 Å². The number of rotatable bonds is 3. The molecule has 0 heterocycles. The summed E-state index contributed by atoms with van der Waals surface area (Å²) in [4.78, 5) is 0. The molecule has 0 aromatic carbocycles. The molecule has 0 amide bonds. The topological polar surface area (TPSA) is 40.5 Å². The smallest absolute Gasteiger partial charge is 0.0829 e. The van der Waals surface area contributed by atoms with Crippen molar-refractivity contribution in [2.45, 2.75) is 59.2 Å². The van der Waals surface area contributed by atoms with Crippen LogP contribution in [0, 0.1) is 23.7 Å². The van der Waals surface area contributed by atoms with Gasteiger partial charge >= 0.3 is 0 Å². The van der Waals surface area contributed by atoms with Crippen molar-refractivity contribution in [1.82, 2.24) is 0 Å². The van der Waals surface area contributed by atoms with Crippen LogP contribution in [0.5, 0.6) is 0 Å². The number of aliphatic hydroxyl groups is 2. The van der Waals surface area contributed by atoms with Gasteiger partial charge in [-0.15, -0.1) is 0 Å². The third kappa shape index (κ3) is 3.18. The molecule has 0 bridgehead atoms. The van der Waals surface area contributed by atoms with Gasteiger partial charge < -0.3 is 10.2 Å². The lowest BCUT2D eigenvalue weighted by Gasteiger charge is -2.37. The molecule has 2 N–H and O–H groups in total. The van der Waals surface area contributed by atoms with Gasteiger partial charge in [-0.3, -0.25) is 0 Å². The summed E-state index contributed by atoms with van der Waals surface area (Å²) in [5.74, 6) is 1.89. The van der Waals surface area contributed by atoms with Crippen molar-refractivity contribution in [1.29, 1.82) is 0 Å². The molecule has 15 heavy (non-hydrogen) atoms. The Morgan fingerprint density at radius 2 is 1.60 bits per heavy atom. The van der Waals surface area contributed by atoms with E-state index >= 15 is 0 Å². The summed E-state index contributed by atoms with van der Waals surface area (Å²) in [5.41, 5.74) is 0. The molecule has 1 rings (SSSR count). The van der Waals surface area contributed by atoms with E-state index in [2.05, 4.69) is 13.8 Å². The Morgan fingerprint density at radius 1 is 1.00 bits per heavy atom. The molecule has 0 radical (unpaired) electrons. The van der Waals surface area contributed by atoms with Gasteiger partial charge in [0.1, 0.15) is 0 Å². The Hall–Kier alpha value is -0.0800. The zero-order chi connectivity index (χ0) is 11.6. The maximum absolute atomic E-state index is 10.1. The molecule has 5 atom stereocenters. The first kappa shape index (κ1) is 13.0. The summed E-state index contributed by atoms with van der Waals surface area (Å²) in [7, 11) is 0. The van der Waals surface area contributed by atoms with E-state index in [1.165, 1.54) is 6.42 Å². The molecule has 0 saturated heterocycles. The van der Waals surface area contributed by atoms with Crippen molar-refractivity contribution in [2.24, 2.45) is 23.7 Å². The summed E-state index contributed by atoms with van der Waals surface area (Å²) < 4.78 is 0. The fourth-order valence-corrected chi connectivity index (χ4v) is 2.57. The molecule has 0 aromatic heterocycles. The van der Waals surface area contributed by atoms with Gasteiger partial charge in [-0.2, -0.15) is 0 Å².